The molecule has 0 N–H and O–H groups in total. The van der Waals surface area contributed by atoms with Gasteiger partial charge in [-0.3, -0.25) is 4.79 Å². The average Bonchev–Trinajstić information content (AvgIpc) is 2.82. The minimum absolute atomic E-state index is 0.691. The Morgan fingerprint density at radius 1 is 1.38 bits per heavy atom. The number of thioether (sulfide) groups is 1. The summed E-state index contributed by atoms with van der Waals surface area (Å²) in [5.74, 6) is 0.877. The van der Waals surface area contributed by atoms with Gasteiger partial charge in [0.2, 0.25) is 0 Å². The van der Waals surface area contributed by atoms with Crippen LogP contribution < -0.4 is 4.74 Å². The Hall–Kier alpha value is -0.960. The zero-order valence-electron chi connectivity index (χ0n) is 9.44. The summed E-state index contributed by atoms with van der Waals surface area (Å²) in [5.41, 5.74) is 0.723. The molecule has 0 amide bonds. The molecule has 2 rings (SSSR count). The van der Waals surface area contributed by atoms with Crippen LogP contribution in [0.2, 0.25) is 0 Å². The number of benzene rings is 1. The third kappa shape index (κ3) is 2.59. The first kappa shape index (κ1) is 11.5. The number of rotatable bonds is 4. The van der Waals surface area contributed by atoms with E-state index in [1.807, 2.05) is 23.9 Å². The lowest BCUT2D eigenvalue weighted by molar-refractivity contribution is 0.112. The van der Waals surface area contributed by atoms with Crippen LogP contribution >= 0.6 is 11.8 Å². The zero-order valence-corrected chi connectivity index (χ0v) is 10.3. The van der Waals surface area contributed by atoms with Gasteiger partial charge in [-0.05, 0) is 31.0 Å². The average molecular weight is 236 g/mol. The van der Waals surface area contributed by atoms with Crippen molar-refractivity contribution in [3.05, 3.63) is 23.8 Å². The number of ether oxygens (including phenoxy) is 1. The van der Waals surface area contributed by atoms with Gasteiger partial charge in [0, 0.05) is 10.8 Å². The lowest BCUT2D eigenvalue weighted by atomic mass is 10.2. The second kappa shape index (κ2) is 5.39. The summed E-state index contributed by atoms with van der Waals surface area (Å²) >= 11 is 1.85. The first-order chi connectivity index (χ1) is 7.83. The third-order valence-electron chi connectivity index (χ3n) is 2.92. The smallest absolute Gasteiger partial charge is 0.150 e. The lowest BCUT2D eigenvalue weighted by Gasteiger charge is -2.12. The van der Waals surface area contributed by atoms with E-state index in [1.165, 1.54) is 25.7 Å². The lowest BCUT2D eigenvalue weighted by Crippen LogP contribution is -1.96. The minimum atomic E-state index is 0.691. The van der Waals surface area contributed by atoms with Crippen LogP contribution in [0.4, 0.5) is 0 Å². The van der Waals surface area contributed by atoms with E-state index in [1.54, 1.807) is 13.2 Å². The van der Waals surface area contributed by atoms with Gasteiger partial charge in [0.15, 0.2) is 0 Å². The first-order valence-electron chi connectivity index (χ1n) is 5.63. The maximum absolute atomic E-state index is 10.7. The zero-order chi connectivity index (χ0) is 11.4. The minimum Gasteiger partial charge on any atom is -0.496 e. The second-order valence-electron chi connectivity index (χ2n) is 4.05. The summed E-state index contributed by atoms with van der Waals surface area (Å²) in [5, 5.41) is 0.691. The van der Waals surface area contributed by atoms with Crippen molar-refractivity contribution in [1.29, 1.82) is 0 Å². The highest BCUT2D eigenvalue weighted by Gasteiger charge is 2.18. The molecule has 0 aliphatic heterocycles. The van der Waals surface area contributed by atoms with Gasteiger partial charge in [-0.2, -0.15) is 0 Å². The van der Waals surface area contributed by atoms with Crippen molar-refractivity contribution in [2.45, 2.75) is 35.8 Å². The molecule has 0 radical (unpaired) electrons. The third-order valence-corrected chi connectivity index (χ3v) is 4.30. The molecule has 16 heavy (non-hydrogen) atoms. The molecule has 86 valence electrons. The maximum atomic E-state index is 10.7. The normalized spacial score (nSPS) is 16.3. The maximum Gasteiger partial charge on any atom is 0.150 e. The fourth-order valence-corrected chi connectivity index (χ4v) is 3.44. The van der Waals surface area contributed by atoms with Gasteiger partial charge in [0.25, 0.3) is 0 Å². The fraction of sp³-hybridized carbons (Fsp3) is 0.462. The number of carbonyl (C=O) groups is 1. The van der Waals surface area contributed by atoms with Crippen LogP contribution in [0.3, 0.4) is 0 Å². The van der Waals surface area contributed by atoms with Gasteiger partial charge in [0.05, 0.1) is 12.0 Å². The summed E-state index contributed by atoms with van der Waals surface area (Å²) < 4.78 is 5.32. The molecule has 0 aromatic heterocycles. The molecule has 1 saturated carbocycles. The topological polar surface area (TPSA) is 26.3 Å². The van der Waals surface area contributed by atoms with E-state index in [0.717, 1.165) is 22.5 Å². The quantitative estimate of drug-likeness (QED) is 0.748. The van der Waals surface area contributed by atoms with E-state index in [9.17, 15) is 4.79 Å². The predicted octanol–water partition coefficient (Wildman–Crippen LogP) is 3.54. The van der Waals surface area contributed by atoms with Gasteiger partial charge in [-0.1, -0.05) is 12.8 Å². The van der Waals surface area contributed by atoms with E-state index in [4.69, 9.17) is 4.74 Å². The molecule has 0 saturated heterocycles. The monoisotopic (exact) mass is 236 g/mol. The molecule has 1 fully saturated rings. The largest absolute Gasteiger partial charge is 0.496 e. The summed E-state index contributed by atoms with van der Waals surface area (Å²) in [6, 6.07) is 5.60. The Morgan fingerprint density at radius 3 is 2.75 bits per heavy atom. The van der Waals surface area contributed by atoms with Gasteiger partial charge in [-0.15, -0.1) is 11.8 Å². The molecule has 2 nitrogen and oxygen atoms in total. The van der Waals surface area contributed by atoms with Crippen molar-refractivity contribution in [3.8, 4) is 5.75 Å². The van der Waals surface area contributed by atoms with Crippen molar-refractivity contribution in [2.24, 2.45) is 0 Å². The van der Waals surface area contributed by atoms with Gasteiger partial charge < -0.3 is 4.74 Å². The van der Waals surface area contributed by atoms with Crippen LogP contribution in [0.15, 0.2) is 23.1 Å². The molecular weight excluding hydrogens is 220 g/mol. The van der Waals surface area contributed by atoms with E-state index in [-0.39, 0.29) is 0 Å². The van der Waals surface area contributed by atoms with E-state index < -0.39 is 0 Å². The second-order valence-corrected chi connectivity index (χ2v) is 5.39. The van der Waals surface area contributed by atoms with Crippen molar-refractivity contribution < 1.29 is 9.53 Å². The van der Waals surface area contributed by atoms with Crippen molar-refractivity contribution in [1.82, 2.24) is 0 Å². The van der Waals surface area contributed by atoms with Crippen molar-refractivity contribution in [2.75, 3.05) is 7.11 Å². The van der Waals surface area contributed by atoms with Gasteiger partial charge in [-0.25, -0.2) is 0 Å². The van der Waals surface area contributed by atoms with Crippen LogP contribution in [0, 0.1) is 0 Å². The number of aldehydes is 1. The van der Waals surface area contributed by atoms with Crippen LogP contribution in [0.1, 0.15) is 36.0 Å². The number of methoxy groups -OCH3 is 1. The van der Waals surface area contributed by atoms with E-state index in [0.29, 0.717) is 5.25 Å². The fourth-order valence-electron chi connectivity index (χ4n) is 2.04. The molecule has 1 aromatic carbocycles. The van der Waals surface area contributed by atoms with Gasteiger partial charge >= 0.3 is 0 Å². The summed E-state index contributed by atoms with van der Waals surface area (Å²) in [7, 11) is 1.68. The summed E-state index contributed by atoms with van der Waals surface area (Å²) in [6.45, 7) is 0. The highest BCUT2D eigenvalue weighted by molar-refractivity contribution is 8.00. The SMILES string of the molecule is COc1ccc(C=O)cc1SC1CCCC1. The number of hydrogen-bond donors (Lipinski definition) is 0. The van der Waals surface area contributed by atoms with Crippen LogP contribution in [0.25, 0.3) is 0 Å². The molecule has 0 unspecified atom stereocenters. The highest BCUT2D eigenvalue weighted by atomic mass is 32.2. The molecule has 1 aromatic rings. The number of hydrogen-bond acceptors (Lipinski definition) is 3. The Bertz CT molecular complexity index is 370. The van der Waals surface area contributed by atoms with Crippen molar-refractivity contribution >= 4 is 18.0 Å². The number of carbonyl (C=O) groups excluding carboxylic acids is 1. The summed E-state index contributed by atoms with van der Waals surface area (Å²) in [4.78, 5) is 11.8. The molecule has 0 bridgehead atoms. The first-order valence-corrected chi connectivity index (χ1v) is 6.51. The Balaban J connectivity index is 2.18. The molecule has 0 heterocycles. The standard InChI is InChI=1S/C13H16O2S/c1-15-12-7-6-10(9-14)8-13(12)16-11-4-2-3-5-11/h6-9,11H,2-5H2,1H3. The molecule has 0 spiro atoms. The van der Waals surface area contributed by atoms with Crippen LogP contribution in [-0.2, 0) is 0 Å². The Labute approximate surface area is 100 Å². The van der Waals surface area contributed by atoms with E-state index >= 15 is 0 Å². The Kier molecular flexibility index (Phi) is 3.88. The molecule has 3 heteroatoms. The van der Waals surface area contributed by atoms with E-state index in [2.05, 4.69) is 0 Å². The molecule has 1 aliphatic rings. The molecule has 0 atom stereocenters. The van der Waals surface area contributed by atoms with Crippen LogP contribution in [0.5, 0.6) is 5.75 Å². The van der Waals surface area contributed by atoms with Crippen LogP contribution in [-0.4, -0.2) is 18.6 Å². The predicted molar refractivity (Wildman–Crippen MR) is 66.5 cm³/mol. The Morgan fingerprint density at radius 2 is 2.12 bits per heavy atom. The van der Waals surface area contributed by atoms with Gasteiger partial charge in [0.1, 0.15) is 12.0 Å². The summed E-state index contributed by atoms with van der Waals surface area (Å²) in [6.07, 6.45) is 6.09. The molecule has 1 aliphatic carbocycles. The highest BCUT2D eigenvalue weighted by Crippen LogP contribution is 2.39. The van der Waals surface area contributed by atoms with Crippen molar-refractivity contribution in [3.63, 3.8) is 0 Å². The molecular formula is C13H16O2S.